The largest absolute Gasteiger partial charge is 0.492 e. The van der Waals surface area contributed by atoms with Crippen LogP contribution in [0.2, 0.25) is 5.02 Å². The summed E-state index contributed by atoms with van der Waals surface area (Å²) < 4.78 is 13.0. The van der Waals surface area contributed by atoms with Gasteiger partial charge in [-0.3, -0.25) is 9.69 Å². The van der Waals surface area contributed by atoms with E-state index >= 15 is 0 Å². The molecule has 170 valence electrons. The maximum atomic E-state index is 13.0. The van der Waals surface area contributed by atoms with E-state index in [2.05, 4.69) is 0 Å². The molecule has 1 aliphatic heterocycles. The fourth-order valence-corrected chi connectivity index (χ4v) is 4.90. The average molecular weight is 500 g/mol. The van der Waals surface area contributed by atoms with Gasteiger partial charge in [-0.25, -0.2) is 4.68 Å². The number of hydrogen-bond acceptors (Lipinski definition) is 6. The summed E-state index contributed by atoms with van der Waals surface area (Å²) in [7, 11) is 1.60. The van der Waals surface area contributed by atoms with Crippen molar-refractivity contribution in [3.05, 3.63) is 70.2 Å². The minimum Gasteiger partial charge on any atom is -0.492 e. The van der Waals surface area contributed by atoms with Gasteiger partial charge in [0.1, 0.15) is 15.8 Å². The molecule has 1 amide bonds. The van der Waals surface area contributed by atoms with Crippen LogP contribution in [0.3, 0.4) is 0 Å². The number of thioether (sulfide) groups is 1. The maximum absolute atomic E-state index is 13.0. The van der Waals surface area contributed by atoms with Crippen molar-refractivity contribution in [2.75, 3.05) is 26.9 Å². The predicted octanol–water partition coefficient (Wildman–Crippen LogP) is 5.44. The summed E-state index contributed by atoms with van der Waals surface area (Å²) in [5.74, 6) is 0.483. The third-order valence-corrected chi connectivity index (χ3v) is 6.62. The number of benzene rings is 2. The zero-order chi connectivity index (χ0) is 23.4. The van der Waals surface area contributed by atoms with Crippen LogP contribution in [0.5, 0.6) is 5.75 Å². The number of aromatic nitrogens is 2. The van der Waals surface area contributed by atoms with Crippen molar-refractivity contribution in [3.8, 4) is 22.7 Å². The first-order chi connectivity index (χ1) is 16.0. The normalized spacial score (nSPS) is 15.0. The molecule has 1 aromatic heterocycles. The molecule has 0 radical (unpaired) electrons. The van der Waals surface area contributed by atoms with Crippen molar-refractivity contribution in [2.45, 2.75) is 6.92 Å². The molecule has 3 aromatic rings. The second-order valence-electron chi connectivity index (χ2n) is 7.12. The Hall–Kier alpha value is -2.65. The summed E-state index contributed by atoms with van der Waals surface area (Å²) in [4.78, 5) is 15.1. The number of hydrogen-bond donors (Lipinski definition) is 0. The van der Waals surface area contributed by atoms with Gasteiger partial charge < -0.3 is 9.47 Å². The molecule has 0 N–H and O–H groups in total. The van der Waals surface area contributed by atoms with Gasteiger partial charge in [-0.2, -0.15) is 5.10 Å². The Kier molecular flexibility index (Phi) is 7.49. The third kappa shape index (κ3) is 5.14. The molecule has 0 saturated carbocycles. The Morgan fingerprint density at radius 1 is 1.21 bits per heavy atom. The van der Waals surface area contributed by atoms with E-state index in [1.165, 1.54) is 11.8 Å². The first-order valence-electron chi connectivity index (χ1n) is 10.3. The Morgan fingerprint density at radius 2 is 2.00 bits per heavy atom. The number of thiocarbonyl (C=S) groups is 1. The van der Waals surface area contributed by atoms with Gasteiger partial charge in [0, 0.05) is 24.4 Å². The van der Waals surface area contributed by atoms with Crippen LogP contribution < -0.4 is 4.74 Å². The molecule has 0 aliphatic carbocycles. The molecule has 9 heteroatoms. The molecule has 4 rings (SSSR count). The highest BCUT2D eigenvalue weighted by Crippen LogP contribution is 2.36. The number of carbonyl (C=O) groups is 1. The fourth-order valence-electron chi connectivity index (χ4n) is 3.37. The highest BCUT2D eigenvalue weighted by Gasteiger charge is 2.32. The smallest absolute Gasteiger partial charge is 0.266 e. The summed E-state index contributed by atoms with van der Waals surface area (Å²) in [5, 5.41) is 5.31. The first kappa shape index (κ1) is 23.5. The summed E-state index contributed by atoms with van der Waals surface area (Å²) in [6, 6.07) is 15.4. The summed E-state index contributed by atoms with van der Waals surface area (Å²) >= 11 is 13.1. The zero-order valence-electron chi connectivity index (χ0n) is 18.2. The maximum Gasteiger partial charge on any atom is 0.266 e. The number of ether oxygens (including phenoxy) is 2. The average Bonchev–Trinajstić information content (AvgIpc) is 3.35. The molecule has 0 bridgehead atoms. The van der Waals surface area contributed by atoms with Crippen molar-refractivity contribution in [1.82, 2.24) is 14.7 Å². The molecule has 1 fully saturated rings. The van der Waals surface area contributed by atoms with Crippen LogP contribution in [0.15, 0.2) is 59.6 Å². The van der Waals surface area contributed by atoms with E-state index in [4.69, 9.17) is 38.4 Å². The summed E-state index contributed by atoms with van der Waals surface area (Å²) in [6.45, 7) is 3.27. The van der Waals surface area contributed by atoms with E-state index in [1.54, 1.807) is 16.7 Å². The number of carbonyl (C=O) groups excluding carboxylic acids is 1. The molecular formula is C24H22ClN3O3S2. The van der Waals surface area contributed by atoms with E-state index in [0.29, 0.717) is 45.5 Å². The number of amides is 1. The minimum absolute atomic E-state index is 0.134. The Labute approximate surface area is 207 Å². The second-order valence-corrected chi connectivity index (χ2v) is 9.20. The van der Waals surface area contributed by atoms with Gasteiger partial charge in [-0.05, 0) is 43.3 Å². The SMILES string of the molecule is CCOc1ccc(-c2nn(-c3ccccc3)cc2/C=C2\SC(=S)N(CCOC)C2=O)cc1Cl. The molecule has 0 atom stereocenters. The highest BCUT2D eigenvalue weighted by atomic mass is 35.5. The van der Waals surface area contributed by atoms with Crippen LogP contribution in [0.4, 0.5) is 0 Å². The number of para-hydroxylation sites is 1. The van der Waals surface area contributed by atoms with Gasteiger partial charge in [0.15, 0.2) is 0 Å². The van der Waals surface area contributed by atoms with Gasteiger partial charge in [0.2, 0.25) is 0 Å². The van der Waals surface area contributed by atoms with Crippen LogP contribution in [0.1, 0.15) is 12.5 Å². The Morgan fingerprint density at radius 3 is 2.70 bits per heavy atom. The summed E-state index contributed by atoms with van der Waals surface area (Å²) in [6.07, 6.45) is 3.73. The molecule has 0 unspecified atom stereocenters. The van der Waals surface area contributed by atoms with E-state index in [-0.39, 0.29) is 5.91 Å². The highest BCUT2D eigenvalue weighted by molar-refractivity contribution is 8.26. The van der Waals surface area contributed by atoms with Crippen molar-refractivity contribution in [2.24, 2.45) is 0 Å². The van der Waals surface area contributed by atoms with Crippen molar-refractivity contribution >= 4 is 51.9 Å². The Balaban J connectivity index is 1.77. The van der Waals surface area contributed by atoms with Crippen LogP contribution in [0.25, 0.3) is 23.0 Å². The van der Waals surface area contributed by atoms with E-state index < -0.39 is 0 Å². The summed E-state index contributed by atoms with van der Waals surface area (Å²) in [5.41, 5.74) is 3.21. The van der Waals surface area contributed by atoms with E-state index in [0.717, 1.165) is 16.8 Å². The predicted molar refractivity (Wildman–Crippen MR) is 137 cm³/mol. The number of methoxy groups -OCH3 is 1. The van der Waals surface area contributed by atoms with Gasteiger partial charge in [0.05, 0.1) is 35.4 Å². The van der Waals surface area contributed by atoms with Gasteiger partial charge >= 0.3 is 0 Å². The molecule has 1 aliphatic rings. The van der Waals surface area contributed by atoms with Crippen LogP contribution in [-0.2, 0) is 9.53 Å². The third-order valence-electron chi connectivity index (χ3n) is 4.95. The fraction of sp³-hybridized carbons (Fsp3) is 0.208. The van der Waals surface area contributed by atoms with E-state index in [9.17, 15) is 4.79 Å². The lowest BCUT2D eigenvalue weighted by atomic mass is 10.1. The van der Waals surface area contributed by atoms with Crippen molar-refractivity contribution in [3.63, 3.8) is 0 Å². The molecule has 2 heterocycles. The first-order valence-corrected chi connectivity index (χ1v) is 11.9. The molecule has 1 saturated heterocycles. The minimum atomic E-state index is -0.134. The number of nitrogens with zero attached hydrogens (tertiary/aromatic N) is 3. The molecule has 0 spiro atoms. The van der Waals surface area contributed by atoms with Crippen LogP contribution in [-0.4, -0.2) is 51.8 Å². The standard InChI is InChI=1S/C24H22ClN3O3S2/c1-3-31-20-10-9-16(13-19(20)25)22-17(15-28(26-22)18-7-5-4-6-8-18)14-21-23(29)27(11-12-30-2)24(32)33-21/h4-10,13-15H,3,11-12H2,1-2H3/b21-14-. The monoisotopic (exact) mass is 499 g/mol. The molecule has 2 aromatic carbocycles. The molecule has 33 heavy (non-hydrogen) atoms. The van der Waals surface area contributed by atoms with Gasteiger partial charge in [-0.1, -0.05) is 53.8 Å². The molecule has 6 nitrogen and oxygen atoms in total. The number of halogens is 1. The lowest BCUT2D eigenvalue weighted by Crippen LogP contribution is -2.31. The van der Waals surface area contributed by atoms with Crippen molar-refractivity contribution in [1.29, 1.82) is 0 Å². The lowest BCUT2D eigenvalue weighted by molar-refractivity contribution is -0.122. The number of rotatable bonds is 8. The van der Waals surface area contributed by atoms with Crippen LogP contribution >= 0.6 is 35.6 Å². The van der Waals surface area contributed by atoms with Crippen LogP contribution in [0, 0.1) is 0 Å². The second kappa shape index (κ2) is 10.5. The van der Waals surface area contributed by atoms with Gasteiger partial charge in [-0.15, -0.1) is 0 Å². The molecular weight excluding hydrogens is 478 g/mol. The lowest BCUT2D eigenvalue weighted by Gasteiger charge is -2.12. The zero-order valence-corrected chi connectivity index (χ0v) is 20.5. The van der Waals surface area contributed by atoms with Crippen molar-refractivity contribution < 1.29 is 14.3 Å². The van der Waals surface area contributed by atoms with Gasteiger partial charge in [0.25, 0.3) is 5.91 Å². The quantitative estimate of drug-likeness (QED) is 0.304. The Bertz CT molecular complexity index is 1210. The van der Waals surface area contributed by atoms with E-state index in [1.807, 2.05) is 67.7 Å². The topological polar surface area (TPSA) is 56.6 Å².